The summed E-state index contributed by atoms with van der Waals surface area (Å²) in [4.78, 5) is 25.0. The van der Waals surface area contributed by atoms with E-state index in [2.05, 4.69) is 0 Å². The monoisotopic (exact) mass is 358 g/mol. The largest absolute Gasteiger partial charge is 0.545 e. The molecule has 0 spiro atoms. The third kappa shape index (κ3) is 3.08. The average Bonchev–Trinajstić information content (AvgIpc) is 2.83. The first-order chi connectivity index (χ1) is 11.5. The standard InChI is InChI=1S/C17H10FNO3S2/c18-13-7-2-1-4-10(13)9-14-15(20)19(17(23)24-14)12-6-3-5-11(8-12)16(21)22/h1-9H,(H,21,22)/p-1/b14-9+. The van der Waals surface area contributed by atoms with Gasteiger partial charge in [0.2, 0.25) is 0 Å². The fourth-order valence-corrected chi connectivity index (χ4v) is 3.49. The van der Waals surface area contributed by atoms with Crippen molar-refractivity contribution < 1.29 is 19.1 Å². The van der Waals surface area contributed by atoms with Gasteiger partial charge in [-0.2, -0.15) is 0 Å². The number of rotatable bonds is 3. The summed E-state index contributed by atoms with van der Waals surface area (Å²) in [5.41, 5.74) is 0.553. The van der Waals surface area contributed by atoms with Gasteiger partial charge in [0.25, 0.3) is 5.91 Å². The number of halogens is 1. The van der Waals surface area contributed by atoms with Crippen LogP contribution in [-0.2, 0) is 4.79 Å². The Bertz CT molecular complexity index is 895. The van der Waals surface area contributed by atoms with Crippen molar-refractivity contribution in [3.63, 3.8) is 0 Å². The van der Waals surface area contributed by atoms with E-state index in [1.54, 1.807) is 24.3 Å². The highest BCUT2D eigenvalue weighted by atomic mass is 32.2. The Morgan fingerprint density at radius 2 is 1.96 bits per heavy atom. The first-order valence-electron chi connectivity index (χ1n) is 6.81. The molecule has 1 saturated heterocycles. The van der Waals surface area contributed by atoms with Crippen molar-refractivity contribution in [2.75, 3.05) is 4.90 Å². The van der Waals surface area contributed by atoms with Crippen LogP contribution >= 0.6 is 24.0 Å². The van der Waals surface area contributed by atoms with E-state index >= 15 is 0 Å². The summed E-state index contributed by atoms with van der Waals surface area (Å²) >= 11 is 6.24. The number of carboxylic acids is 1. The van der Waals surface area contributed by atoms with E-state index in [1.807, 2.05) is 0 Å². The van der Waals surface area contributed by atoms with Gasteiger partial charge < -0.3 is 9.90 Å². The number of nitrogens with zero attached hydrogens (tertiary/aromatic N) is 1. The van der Waals surface area contributed by atoms with E-state index in [9.17, 15) is 19.1 Å². The van der Waals surface area contributed by atoms with Gasteiger partial charge in [0.1, 0.15) is 5.82 Å². The third-order valence-corrected chi connectivity index (χ3v) is 4.63. The second-order valence-electron chi connectivity index (χ2n) is 4.88. The molecule has 0 aliphatic carbocycles. The smallest absolute Gasteiger partial charge is 0.270 e. The minimum absolute atomic E-state index is 0.0559. The van der Waals surface area contributed by atoms with Crippen LogP contribution in [0, 0.1) is 5.82 Å². The number of carboxylic acid groups (broad SMARTS) is 1. The van der Waals surface area contributed by atoms with Crippen molar-refractivity contribution in [2.45, 2.75) is 0 Å². The highest BCUT2D eigenvalue weighted by Crippen LogP contribution is 2.36. The maximum Gasteiger partial charge on any atom is 0.270 e. The number of thioether (sulfide) groups is 1. The Balaban J connectivity index is 1.97. The van der Waals surface area contributed by atoms with Crippen LogP contribution in [-0.4, -0.2) is 16.2 Å². The molecule has 2 aromatic rings. The molecule has 1 aliphatic heterocycles. The quantitative estimate of drug-likeness (QED) is 0.623. The molecule has 1 amide bonds. The lowest BCUT2D eigenvalue weighted by atomic mass is 10.1. The van der Waals surface area contributed by atoms with Gasteiger partial charge >= 0.3 is 0 Å². The molecule has 1 aliphatic rings. The maximum atomic E-state index is 13.7. The number of amides is 1. The number of hydrogen-bond acceptors (Lipinski definition) is 5. The minimum Gasteiger partial charge on any atom is -0.545 e. The number of hydrogen-bond donors (Lipinski definition) is 0. The van der Waals surface area contributed by atoms with Crippen molar-refractivity contribution >= 4 is 51.9 Å². The maximum absolute atomic E-state index is 13.7. The lowest BCUT2D eigenvalue weighted by Crippen LogP contribution is -2.28. The molecule has 3 rings (SSSR count). The Labute approximate surface area is 146 Å². The van der Waals surface area contributed by atoms with Gasteiger partial charge in [-0.05, 0) is 29.8 Å². The highest BCUT2D eigenvalue weighted by Gasteiger charge is 2.33. The normalized spacial score (nSPS) is 16.0. The van der Waals surface area contributed by atoms with Crippen LogP contribution < -0.4 is 10.0 Å². The van der Waals surface area contributed by atoms with E-state index in [-0.39, 0.29) is 20.4 Å². The lowest BCUT2D eigenvalue weighted by Gasteiger charge is -2.15. The van der Waals surface area contributed by atoms with Gasteiger partial charge in [-0.25, -0.2) is 4.39 Å². The van der Waals surface area contributed by atoms with Gasteiger partial charge in [0.05, 0.1) is 16.6 Å². The first-order valence-corrected chi connectivity index (χ1v) is 8.04. The molecule has 0 bridgehead atoms. The van der Waals surface area contributed by atoms with Gasteiger partial charge in [-0.1, -0.05) is 54.3 Å². The Hall–Kier alpha value is -2.51. The Morgan fingerprint density at radius 3 is 2.67 bits per heavy atom. The summed E-state index contributed by atoms with van der Waals surface area (Å²) in [6, 6.07) is 11.8. The van der Waals surface area contributed by atoms with E-state index in [0.29, 0.717) is 5.69 Å². The predicted molar refractivity (Wildman–Crippen MR) is 92.8 cm³/mol. The molecule has 0 N–H and O–H groups in total. The second kappa shape index (κ2) is 6.54. The highest BCUT2D eigenvalue weighted by molar-refractivity contribution is 8.27. The zero-order chi connectivity index (χ0) is 17.3. The molecule has 0 unspecified atom stereocenters. The molecule has 0 atom stereocenters. The van der Waals surface area contributed by atoms with Crippen LogP contribution in [0.25, 0.3) is 6.08 Å². The number of anilines is 1. The van der Waals surface area contributed by atoms with Crippen molar-refractivity contribution in [3.05, 3.63) is 70.4 Å². The van der Waals surface area contributed by atoms with Crippen molar-refractivity contribution in [3.8, 4) is 0 Å². The molecule has 2 aromatic carbocycles. The van der Waals surface area contributed by atoms with Gasteiger partial charge in [0, 0.05) is 5.56 Å². The molecular formula is C17H9FNO3S2-. The van der Waals surface area contributed by atoms with Crippen LogP contribution in [0.1, 0.15) is 15.9 Å². The van der Waals surface area contributed by atoms with Gasteiger partial charge in [0.15, 0.2) is 4.32 Å². The molecule has 7 heteroatoms. The van der Waals surface area contributed by atoms with E-state index in [1.165, 1.54) is 35.2 Å². The lowest BCUT2D eigenvalue weighted by molar-refractivity contribution is -0.255. The zero-order valence-electron chi connectivity index (χ0n) is 12.1. The number of carbonyl (C=O) groups is 2. The zero-order valence-corrected chi connectivity index (χ0v) is 13.7. The topological polar surface area (TPSA) is 60.4 Å². The molecule has 120 valence electrons. The molecule has 1 heterocycles. The van der Waals surface area contributed by atoms with Gasteiger partial charge in [-0.15, -0.1) is 0 Å². The molecular weight excluding hydrogens is 349 g/mol. The molecule has 4 nitrogen and oxygen atoms in total. The van der Waals surface area contributed by atoms with Crippen LogP contribution in [0.15, 0.2) is 53.4 Å². The summed E-state index contributed by atoms with van der Waals surface area (Å²) in [5, 5.41) is 11.0. The third-order valence-electron chi connectivity index (χ3n) is 3.33. The summed E-state index contributed by atoms with van der Waals surface area (Å²) in [5.74, 6) is -2.21. The van der Waals surface area contributed by atoms with Crippen LogP contribution in [0.3, 0.4) is 0 Å². The van der Waals surface area contributed by atoms with Crippen molar-refractivity contribution in [1.29, 1.82) is 0 Å². The number of benzene rings is 2. The van der Waals surface area contributed by atoms with Gasteiger partial charge in [-0.3, -0.25) is 9.69 Å². The molecule has 0 radical (unpaired) electrons. The van der Waals surface area contributed by atoms with E-state index < -0.39 is 17.7 Å². The fourth-order valence-electron chi connectivity index (χ4n) is 2.20. The van der Waals surface area contributed by atoms with Crippen LogP contribution in [0.2, 0.25) is 0 Å². The van der Waals surface area contributed by atoms with E-state index in [0.717, 1.165) is 11.8 Å². The Morgan fingerprint density at radius 1 is 1.21 bits per heavy atom. The SMILES string of the molecule is O=C([O-])c1cccc(N2C(=O)/C(=C\c3ccccc3F)SC2=S)c1. The number of aromatic carboxylic acids is 1. The predicted octanol–water partition coefficient (Wildman–Crippen LogP) is 2.60. The van der Waals surface area contributed by atoms with Crippen molar-refractivity contribution in [1.82, 2.24) is 0 Å². The molecule has 24 heavy (non-hydrogen) atoms. The van der Waals surface area contributed by atoms with E-state index in [4.69, 9.17) is 12.2 Å². The number of carbonyl (C=O) groups excluding carboxylic acids is 2. The molecule has 0 aromatic heterocycles. The second-order valence-corrected chi connectivity index (χ2v) is 6.55. The summed E-state index contributed by atoms with van der Waals surface area (Å²) < 4.78 is 14.0. The summed E-state index contributed by atoms with van der Waals surface area (Å²) in [6.07, 6.45) is 1.43. The fraction of sp³-hybridized carbons (Fsp3) is 0. The number of thiocarbonyl (C=S) groups is 1. The first kappa shape index (κ1) is 16.4. The summed E-state index contributed by atoms with van der Waals surface area (Å²) in [6.45, 7) is 0. The van der Waals surface area contributed by atoms with Crippen LogP contribution in [0.4, 0.5) is 10.1 Å². The average molecular weight is 358 g/mol. The molecule has 0 saturated carbocycles. The summed E-state index contributed by atoms with van der Waals surface area (Å²) in [7, 11) is 0. The van der Waals surface area contributed by atoms with Crippen molar-refractivity contribution in [2.24, 2.45) is 0 Å². The Kier molecular flexibility index (Phi) is 4.46. The van der Waals surface area contributed by atoms with Crippen LogP contribution in [0.5, 0.6) is 0 Å². The molecule has 1 fully saturated rings. The minimum atomic E-state index is -1.34.